The van der Waals surface area contributed by atoms with Crippen LogP contribution in [0.15, 0.2) is 18.2 Å². The lowest BCUT2D eigenvalue weighted by molar-refractivity contribution is -0.117. The van der Waals surface area contributed by atoms with Crippen molar-refractivity contribution in [1.82, 2.24) is 10.2 Å². The van der Waals surface area contributed by atoms with Crippen LogP contribution in [0.3, 0.4) is 0 Å². The molecule has 2 aliphatic heterocycles. The van der Waals surface area contributed by atoms with Crippen LogP contribution in [0.4, 0.5) is 5.69 Å². The highest BCUT2D eigenvalue weighted by Crippen LogP contribution is 2.33. The zero-order valence-corrected chi connectivity index (χ0v) is 14.9. The van der Waals surface area contributed by atoms with Crippen molar-refractivity contribution in [1.29, 1.82) is 0 Å². The van der Waals surface area contributed by atoms with Gasteiger partial charge in [-0.25, -0.2) is 0 Å². The van der Waals surface area contributed by atoms with Gasteiger partial charge in [0.15, 0.2) is 0 Å². The molecule has 0 spiro atoms. The summed E-state index contributed by atoms with van der Waals surface area (Å²) in [5.41, 5.74) is 1.08. The van der Waals surface area contributed by atoms with Gasteiger partial charge in [-0.1, -0.05) is 11.6 Å². The van der Waals surface area contributed by atoms with Gasteiger partial charge in [0.05, 0.1) is 10.6 Å². The second-order valence-corrected chi connectivity index (χ2v) is 7.53. The molecule has 2 aliphatic rings. The van der Waals surface area contributed by atoms with Crippen LogP contribution in [-0.2, 0) is 4.79 Å². The minimum atomic E-state index is -0.150. The van der Waals surface area contributed by atoms with Crippen LogP contribution in [0.25, 0.3) is 0 Å². The summed E-state index contributed by atoms with van der Waals surface area (Å²) in [7, 11) is 3.36. The van der Waals surface area contributed by atoms with Crippen LogP contribution in [-0.4, -0.2) is 42.9 Å². The predicted molar refractivity (Wildman–Crippen MR) is 95.4 cm³/mol. The summed E-state index contributed by atoms with van der Waals surface area (Å²) in [6.07, 6.45) is 5.19. The Kier molecular flexibility index (Phi) is 5.11. The molecule has 6 heteroatoms. The normalized spacial score (nSPS) is 25.4. The van der Waals surface area contributed by atoms with Crippen LogP contribution in [0.5, 0.6) is 0 Å². The van der Waals surface area contributed by atoms with E-state index in [-0.39, 0.29) is 11.8 Å². The third-order valence-electron chi connectivity index (χ3n) is 4.93. The number of hydrogen-bond acceptors (Lipinski definition) is 3. The summed E-state index contributed by atoms with van der Waals surface area (Å²) in [4.78, 5) is 25.8. The molecule has 2 saturated heterocycles. The van der Waals surface area contributed by atoms with Crippen molar-refractivity contribution in [3.8, 4) is 0 Å². The van der Waals surface area contributed by atoms with E-state index in [0.717, 1.165) is 12.8 Å². The van der Waals surface area contributed by atoms with Crippen molar-refractivity contribution in [2.45, 2.75) is 44.2 Å². The van der Waals surface area contributed by atoms with Gasteiger partial charge in [0.1, 0.15) is 0 Å². The molecule has 2 N–H and O–H groups in total. The smallest absolute Gasteiger partial charge is 0.254 e. The lowest BCUT2D eigenvalue weighted by Crippen LogP contribution is -2.39. The Morgan fingerprint density at radius 1 is 1.25 bits per heavy atom. The number of hydrogen-bond donors (Lipinski definition) is 2. The molecule has 2 heterocycles. The number of rotatable bonds is 4. The topological polar surface area (TPSA) is 61.4 Å². The van der Waals surface area contributed by atoms with Gasteiger partial charge in [-0.05, 0) is 49.8 Å². The first-order valence-electron chi connectivity index (χ1n) is 8.49. The van der Waals surface area contributed by atoms with Crippen LogP contribution in [0.1, 0.15) is 42.5 Å². The maximum Gasteiger partial charge on any atom is 0.254 e. The number of benzene rings is 1. The molecule has 2 fully saturated rings. The van der Waals surface area contributed by atoms with Gasteiger partial charge in [0, 0.05) is 38.3 Å². The highest BCUT2D eigenvalue weighted by molar-refractivity contribution is 6.34. The Balaban J connectivity index is 1.58. The summed E-state index contributed by atoms with van der Waals surface area (Å²) in [5.74, 6) is 0.320. The lowest BCUT2D eigenvalue weighted by Gasteiger charge is -2.28. The molecule has 2 atom stereocenters. The van der Waals surface area contributed by atoms with E-state index in [2.05, 4.69) is 10.6 Å². The Labute approximate surface area is 147 Å². The van der Waals surface area contributed by atoms with Crippen molar-refractivity contribution in [2.24, 2.45) is 5.92 Å². The highest BCUT2D eigenvalue weighted by Gasteiger charge is 2.34. The molecule has 0 aliphatic carbocycles. The molecule has 2 unspecified atom stereocenters. The third kappa shape index (κ3) is 3.90. The predicted octanol–water partition coefficient (Wildman–Crippen LogP) is 2.90. The summed E-state index contributed by atoms with van der Waals surface area (Å²) in [5, 5.41) is 6.85. The average Bonchev–Trinajstić information content (AvgIpc) is 2.85. The average molecular weight is 350 g/mol. The van der Waals surface area contributed by atoms with Gasteiger partial charge in [0.25, 0.3) is 5.91 Å². The van der Waals surface area contributed by atoms with Crippen LogP contribution in [0, 0.1) is 5.92 Å². The van der Waals surface area contributed by atoms with Gasteiger partial charge in [-0.15, -0.1) is 0 Å². The summed E-state index contributed by atoms with van der Waals surface area (Å²) >= 11 is 6.18. The zero-order valence-electron chi connectivity index (χ0n) is 14.1. The van der Waals surface area contributed by atoms with Gasteiger partial charge in [-0.2, -0.15) is 0 Å². The maximum atomic E-state index is 12.3. The first-order valence-corrected chi connectivity index (χ1v) is 8.87. The van der Waals surface area contributed by atoms with Crippen molar-refractivity contribution >= 4 is 29.1 Å². The van der Waals surface area contributed by atoms with E-state index in [1.54, 1.807) is 32.3 Å². The zero-order chi connectivity index (χ0) is 17.3. The van der Waals surface area contributed by atoms with Crippen LogP contribution in [0.2, 0.25) is 5.02 Å². The maximum absolute atomic E-state index is 12.3. The van der Waals surface area contributed by atoms with Crippen molar-refractivity contribution < 1.29 is 9.59 Å². The van der Waals surface area contributed by atoms with Gasteiger partial charge in [-0.3, -0.25) is 9.59 Å². The molecule has 2 amide bonds. The Bertz CT molecular complexity index is 635. The van der Waals surface area contributed by atoms with E-state index < -0.39 is 0 Å². The molecule has 0 aromatic heterocycles. The molecular weight excluding hydrogens is 326 g/mol. The fraction of sp³-hybridized carbons (Fsp3) is 0.556. The molecule has 2 bridgehead atoms. The second kappa shape index (κ2) is 7.11. The number of amides is 2. The Hall–Kier alpha value is -1.59. The summed E-state index contributed by atoms with van der Waals surface area (Å²) in [6.45, 7) is 0. The van der Waals surface area contributed by atoms with Gasteiger partial charge < -0.3 is 15.5 Å². The molecule has 0 radical (unpaired) electrons. The fourth-order valence-electron chi connectivity index (χ4n) is 3.82. The first kappa shape index (κ1) is 17.2. The molecule has 0 saturated carbocycles. The molecule has 130 valence electrons. The largest absolute Gasteiger partial charge is 0.345 e. The number of anilines is 1. The van der Waals surface area contributed by atoms with E-state index in [9.17, 15) is 9.59 Å². The number of nitrogens with zero attached hydrogens (tertiary/aromatic N) is 1. The van der Waals surface area contributed by atoms with Crippen molar-refractivity contribution in [2.75, 3.05) is 19.4 Å². The number of carbonyl (C=O) groups is 2. The van der Waals surface area contributed by atoms with E-state index in [0.29, 0.717) is 40.7 Å². The molecule has 5 nitrogen and oxygen atoms in total. The Morgan fingerprint density at radius 3 is 2.50 bits per heavy atom. The fourth-order valence-corrected chi connectivity index (χ4v) is 4.08. The highest BCUT2D eigenvalue weighted by atomic mass is 35.5. The van der Waals surface area contributed by atoms with Gasteiger partial charge >= 0.3 is 0 Å². The number of halogens is 1. The molecule has 1 aromatic carbocycles. The molecule has 24 heavy (non-hydrogen) atoms. The van der Waals surface area contributed by atoms with Crippen LogP contribution < -0.4 is 10.6 Å². The van der Waals surface area contributed by atoms with E-state index in [4.69, 9.17) is 11.6 Å². The SMILES string of the molecule is CN(C)C(=O)c1ccc(NC(=O)CC2CC3CCC(C2)N3)cc1Cl. The van der Waals surface area contributed by atoms with Crippen molar-refractivity contribution in [3.63, 3.8) is 0 Å². The monoisotopic (exact) mass is 349 g/mol. The van der Waals surface area contributed by atoms with Crippen LogP contribution >= 0.6 is 11.6 Å². The third-order valence-corrected chi connectivity index (χ3v) is 5.25. The quantitative estimate of drug-likeness (QED) is 0.878. The van der Waals surface area contributed by atoms with E-state index >= 15 is 0 Å². The summed E-state index contributed by atoms with van der Waals surface area (Å²) in [6, 6.07) is 6.21. The standard InChI is InChI=1S/C18H24ClN3O2/c1-22(2)18(24)15-6-5-14(10-16(15)19)21-17(23)9-11-7-12-3-4-13(8-11)20-12/h5-6,10-13,20H,3-4,7-9H2,1-2H3,(H,21,23). The molecule has 3 rings (SSSR count). The minimum absolute atomic E-state index is 0.0176. The first-order chi connectivity index (χ1) is 11.4. The van der Waals surface area contributed by atoms with Crippen molar-refractivity contribution in [3.05, 3.63) is 28.8 Å². The lowest BCUT2D eigenvalue weighted by atomic mass is 9.89. The Morgan fingerprint density at radius 2 is 1.92 bits per heavy atom. The number of nitrogens with one attached hydrogen (secondary N) is 2. The number of carbonyl (C=O) groups excluding carboxylic acids is 2. The van der Waals surface area contributed by atoms with E-state index in [1.165, 1.54) is 17.7 Å². The number of fused-ring (bicyclic) bond motifs is 2. The van der Waals surface area contributed by atoms with E-state index in [1.807, 2.05) is 0 Å². The summed E-state index contributed by atoms with van der Waals surface area (Å²) < 4.78 is 0. The molecule has 1 aromatic rings. The minimum Gasteiger partial charge on any atom is -0.345 e. The van der Waals surface area contributed by atoms with Gasteiger partial charge in [0.2, 0.25) is 5.91 Å². The number of piperidine rings is 1. The molecular formula is C18H24ClN3O2. The second-order valence-electron chi connectivity index (χ2n) is 7.12.